The van der Waals surface area contributed by atoms with Crippen LogP contribution in [-0.4, -0.2) is 39.8 Å². The van der Waals surface area contributed by atoms with Gasteiger partial charge >= 0.3 is 0 Å². The molecule has 102 valence electrons. The monoisotopic (exact) mass is 294 g/mol. The smallest absolute Gasteiger partial charge is 0.162 e. The van der Waals surface area contributed by atoms with Crippen LogP contribution in [0, 0.1) is 0 Å². The molecule has 0 aromatic heterocycles. The zero-order chi connectivity index (χ0) is 13.9. The summed E-state index contributed by atoms with van der Waals surface area (Å²) in [5.74, 6) is 0.393. The molecule has 0 saturated heterocycles. The highest BCUT2D eigenvalue weighted by molar-refractivity contribution is 7.90. The number of aliphatic hydroxyl groups is 1. The third kappa shape index (κ3) is 3.76. The second-order valence-electron chi connectivity index (χ2n) is 3.84. The van der Waals surface area contributed by atoms with Crippen molar-refractivity contribution in [1.29, 1.82) is 0 Å². The zero-order valence-electron chi connectivity index (χ0n) is 10.3. The van der Waals surface area contributed by atoms with Gasteiger partial charge in [-0.2, -0.15) is 0 Å². The second-order valence-corrected chi connectivity index (χ2v) is 6.43. The third-order valence-electron chi connectivity index (χ3n) is 2.32. The van der Waals surface area contributed by atoms with E-state index < -0.39 is 21.7 Å². The van der Waals surface area contributed by atoms with Gasteiger partial charge in [-0.05, 0) is 6.07 Å². The summed E-state index contributed by atoms with van der Waals surface area (Å²) >= 11 is 5.97. The van der Waals surface area contributed by atoms with E-state index in [2.05, 4.69) is 0 Å². The number of hydrogen-bond donors (Lipinski definition) is 1. The van der Waals surface area contributed by atoms with Crippen molar-refractivity contribution in [1.82, 2.24) is 0 Å². The van der Waals surface area contributed by atoms with Crippen molar-refractivity contribution in [2.75, 3.05) is 26.2 Å². The molecule has 18 heavy (non-hydrogen) atoms. The van der Waals surface area contributed by atoms with Crippen LogP contribution in [0.5, 0.6) is 11.5 Å². The lowest BCUT2D eigenvalue weighted by Gasteiger charge is -2.15. The molecule has 5 nitrogen and oxygen atoms in total. The van der Waals surface area contributed by atoms with Crippen LogP contribution in [0.3, 0.4) is 0 Å². The van der Waals surface area contributed by atoms with Gasteiger partial charge in [0.1, 0.15) is 9.84 Å². The second kappa shape index (κ2) is 5.77. The SMILES string of the molecule is COc1cc(Cl)c(C(O)CS(C)(=O)=O)cc1OC. The summed E-state index contributed by atoms with van der Waals surface area (Å²) in [4.78, 5) is 0. The molecular formula is C11H15ClO5S. The largest absolute Gasteiger partial charge is 0.493 e. The van der Waals surface area contributed by atoms with Crippen molar-refractivity contribution in [3.05, 3.63) is 22.7 Å². The Morgan fingerprint density at radius 2 is 1.78 bits per heavy atom. The Morgan fingerprint density at radius 1 is 1.28 bits per heavy atom. The fourth-order valence-electron chi connectivity index (χ4n) is 1.50. The van der Waals surface area contributed by atoms with E-state index in [1.54, 1.807) is 0 Å². The summed E-state index contributed by atoms with van der Waals surface area (Å²) in [6, 6.07) is 2.94. The zero-order valence-corrected chi connectivity index (χ0v) is 11.9. The average molecular weight is 295 g/mol. The number of rotatable bonds is 5. The normalized spacial score (nSPS) is 13.2. The lowest BCUT2D eigenvalue weighted by molar-refractivity contribution is 0.201. The summed E-state index contributed by atoms with van der Waals surface area (Å²) in [5, 5.41) is 10.1. The first-order valence-electron chi connectivity index (χ1n) is 5.05. The van der Waals surface area contributed by atoms with Gasteiger partial charge < -0.3 is 14.6 Å². The Bertz CT molecular complexity index is 526. The van der Waals surface area contributed by atoms with E-state index in [9.17, 15) is 13.5 Å². The van der Waals surface area contributed by atoms with Crippen LogP contribution in [0.1, 0.15) is 11.7 Å². The van der Waals surface area contributed by atoms with Crippen molar-refractivity contribution < 1.29 is 23.0 Å². The van der Waals surface area contributed by atoms with Crippen LogP contribution in [0.4, 0.5) is 0 Å². The van der Waals surface area contributed by atoms with E-state index in [4.69, 9.17) is 21.1 Å². The van der Waals surface area contributed by atoms with Crippen molar-refractivity contribution in [2.24, 2.45) is 0 Å². The summed E-state index contributed by atoms with van der Waals surface area (Å²) < 4.78 is 32.4. The van der Waals surface area contributed by atoms with Crippen LogP contribution >= 0.6 is 11.6 Å². The van der Waals surface area contributed by atoms with Crippen LogP contribution in [0.15, 0.2) is 12.1 Å². The average Bonchev–Trinajstić information content (AvgIpc) is 2.26. The summed E-state index contributed by atoms with van der Waals surface area (Å²) in [6.45, 7) is 0. The van der Waals surface area contributed by atoms with Crippen LogP contribution in [0.2, 0.25) is 5.02 Å². The maximum absolute atomic E-state index is 11.1. The first kappa shape index (κ1) is 15.1. The predicted molar refractivity (Wildman–Crippen MR) is 69.2 cm³/mol. The van der Waals surface area contributed by atoms with Gasteiger partial charge in [0.2, 0.25) is 0 Å². The molecule has 1 rings (SSSR count). The van der Waals surface area contributed by atoms with Gasteiger partial charge in [-0.3, -0.25) is 0 Å². The van der Waals surface area contributed by atoms with Crippen molar-refractivity contribution in [3.8, 4) is 11.5 Å². The van der Waals surface area contributed by atoms with Gasteiger partial charge in [-0.15, -0.1) is 0 Å². The van der Waals surface area contributed by atoms with E-state index in [0.717, 1.165) is 6.26 Å². The minimum atomic E-state index is -3.30. The van der Waals surface area contributed by atoms with Crippen LogP contribution in [0.25, 0.3) is 0 Å². The molecule has 0 spiro atoms. The van der Waals surface area contributed by atoms with Crippen LogP contribution in [-0.2, 0) is 9.84 Å². The molecule has 1 unspecified atom stereocenters. The summed E-state index contributed by atoms with van der Waals surface area (Å²) in [7, 11) is -0.402. The topological polar surface area (TPSA) is 72.8 Å². The minimum absolute atomic E-state index is 0.226. The first-order chi connectivity index (χ1) is 8.28. The molecule has 0 aliphatic heterocycles. The number of sulfone groups is 1. The van der Waals surface area contributed by atoms with Gasteiger partial charge in [-0.1, -0.05) is 11.6 Å². The summed E-state index contributed by atoms with van der Waals surface area (Å²) in [5.41, 5.74) is 0.291. The van der Waals surface area contributed by atoms with Crippen molar-refractivity contribution in [3.63, 3.8) is 0 Å². The number of hydrogen-bond acceptors (Lipinski definition) is 5. The molecule has 0 amide bonds. The fourth-order valence-corrected chi connectivity index (χ4v) is 2.53. The lowest BCUT2D eigenvalue weighted by Crippen LogP contribution is -2.13. The van der Waals surface area contributed by atoms with Crippen molar-refractivity contribution >= 4 is 21.4 Å². The molecule has 0 aliphatic carbocycles. The standard InChI is InChI=1S/C11H15ClO5S/c1-16-10-4-7(8(12)5-11(10)17-2)9(13)6-18(3,14)15/h4-5,9,13H,6H2,1-3H3. The molecule has 0 radical (unpaired) electrons. The predicted octanol–water partition coefficient (Wildman–Crippen LogP) is 1.44. The Hall–Kier alpha value is -0.980. The molecule has 1 aromatic rings. The number of methoxy groups -OCH3 is 2. The molecule has 0 saturated carbocycles. The number of ether oxygens (including phenoxy) is 2. The Kier molecular flexibility index (Phi) is 4.84. The fraction of sp³-hybridized carbons (Fsp3) is 0.455. The van der Waals surface area contributed by atoms with Crippen LogP contribution < -0.4 is 9.47 Å². The Morgan fingerprint density at radius 3 is 2.22 bits per heavy atom. The van der Waals surface area contributed by atoms with Gasteiger partial charge in [0, 0.05) is 17.9 Å². The van der Waals surface area contributed by atoms with Gasteiger partial charge in [0.05, 0.1) is 31.1 Å². The Labute approximate surface area is 111 Å². The molecule has 0 aliphatic rings. The maximum Gasteiger partial charge on any atom is 0.162 e. The maximum atomic E-state index is 11.1. The number of benzene rings is 1. The van der Waals surface area contributed by atoms with Crippen molar-refractivity contribution in [2.45, 2.75) is 6.10 Å². The van der Waals surface area contributed by atoms with Gasteiger partial charge in [0.15, 0.2) is 11.5 Å². The van der Waals surface area contributed by atoms with E-state index in [1.807, 2.05) is 0 Å². The molecule has 1 N–H and O–H groups in total. The van der Waals surface area contributed by atoms with E-state index in [-0.39, 0.29) is 5.02 Å². The molecular weight excluding hydrogens is 280 g/mol. The van der Waals surface area contributed by atoms with Gasteiger partial charge in [0.25, 0.3) is 0 Å². The highest BCUT2D eigenvalue weighted by atomic mass is 35.5. The van der Waals surface area contributed by atoms with E-state index in [0.29, 0.717) is 17.1 Å². The molecule has 1 aromatic carbocycles. The molecule has 0 fully saturated rings. The molecule has 0 heterocycles. The molecule has 1 atom stereocenters. The lowest BCUT2D eigenvalue weighted by atomic mass is 10.1. The first-order valence-corrected chi connectivity index (χ1v) is 7.49. The quantitative estimate of drug-likeness (QED) is 0.889. The highest BCUT2D eigenvalue weighted by Crippen LogP contribution is 2.36. The summed E-state index contributed by atoms with van der Waals surface area (Å²) in [6.07, 6.45) is -0.155. The highest BCUT2D eigenvalue weighted by Gasteiger charge is 2.20. The molecule has 7 heteroatoms. The molecule has 0 bridgehead atoms. The van der Waals surface area contributed by atoms with Gasteiger partial charge in [-0.25, -0.2) is 8.42 Å². The minimum Gasteiger partial charge on any atom is -0.493 e. The Balaban J connectivity index is 3.17. The van der Waals surface area contributed by atoms with E-state index >= 15 is 0 Å². The third-order valence-corrected chi connectivity index (χ3v) is 3.57. The number of aliphatic hydroxyl groups excluding tert-OH is 1. The number of halogens is 1. The van der Waals surface area contributed by atoms with E-state index in [1.165, 1.54) is 26.4 Å².